The fourth-order valence-electron chi connectivity index (χ4n) is 4.16. The van der Waals surface area contributed by atoms with E-state index in [4.69, 9.17) is 14.2 Å². The molecule has 7 heteroatoms. The van der Waals surface area contributed by atoms with Crippen LogP contribution in [-0.4, -0.2) is 29.6 Å². The number of hydrogen-bond donors (Lipinski definition) is 2. The number of cyclic esters (lactones) is 1. The van der Waals surface area contributed by atoms with Gasteiger partial charge in [0, 0.05) is 17.2 Å². The lowest BCUT2D eigenvalue weighted by molar-refractivity contribution is -0.136. The molecule has 134 valence electrons. The van der Waals surface area contributed by atoms with Gasteiger partial charge in [0.25, 0.3) is 0 Å². The van der Waals surface area contributed by atoms with Crippen molar-refractivity contribution in [3.8, 4) is 11.5 Å². The average molecular weight is 353 g/mol. The Morgan fingerprint density at radius 3 is 3.00 bits per heavy atom. The third-order valence-electron chi connectivity index (χ3n) is 5.34. The number of benzene rings is 1. The molecule has 7 nitrogen and oxygen atoms in total. The summed E-state index contributed by atoms with van der Waals surface area (Å²) in [5, 5.41) is 10.6. The third kappa shape index (κ3) is 2.20. The van der Waals surface area contributed by atoms with E-state index < -0.39 is 0 Å². The number of carbonyl (C=O) groups is 1. The van der Waals surface area contributed by atoms with E-state index >= 15 is 0 Å². The number of ether oxygens (including phenoxy) is 3. The Balaban J connectivity index is 1.51. The molecule has 0 unspecified atom stereocenters. The number of aromatic amines is 1. The predicted molar refractivity (Wildman–Crippen MR) is 93.1 cm³/mol. The van der Waals surface area contributed by atoms with Gasteiger partial charge in [0.2, 0.25) is 6.79 Å². The Labute approximate surface area is 150 Å². The zero-order chi connectivity index (χ0) is 17.8. The standard InChI is InChI=1S/C19H19N3O4/c1-9(5-11-3-4-13-14(6-11)26-8-25-13)15-16-10(2)21-22-18(16)20-12-7-24-19(23)17(12)15/h3-4,6,9,15H,5,7-8H2,1-2H3,(H2,20,21,22)/t9-,15+/m1/s1. The molecule has 0 spiro atoms. The molecule has 5 rings (SSSR count). The van der Waals surface area contributed by atoms with E-state index in [0.717, 1.165) is 51.8 Å². The Morgan fingerprint density at radius 2 is 2.12 bits per heavy atom. The van der Waals surface area contributed by atoms with Crippen LogP contribution in [-0.2, 0) is 16.0 Å². The fraction of sp³-hybridized carbons (Fsp3) is 0.368. The number of rotatable bonds is 3. The number of nitrogens with one attached hydrogen (secondary N) is 2. The monoisotopic (exact) mass is 353 g/mol. The molecule has 0 saturated carbocycles. The first-order valence-corrected chi connectivity index (χ1v) is 8.72. The van der Waals surface area contributed by atoms with Crippen molar-refractivity contribution in [3.05, 3.63) is 46.3 Å². The maximum atomic E-state index is 12.4. The number of fused-ring (bicyclic) bond motifs is 2. The molecule has 2 aromatic rings. The average Bonchev–Trinajstić information content (AvgIpc) is 3.33. The summed E-state index contributed by atoms with van der Waals surface area (Å²) in [4.78, 5) is 12.4. The van der Waals surface area contributed by atoms with Crippen LogP contribution in [0.3, 0.4) is 0 Å². The molecule has 0 saturated heterocycles. The van der Waals surface area contributed by atoms with Gasteiger partial charge in [0.05, 0.1) is 11.3 Å². The highest BCUT2D eigenvalue weighted by molar-refractivity contribution is 5.96. The normalized spacial score (nSPS) is 21.2. The van der Waals surface area contributed by atoms with Crippen LogP contribution < -0.4 is 14.8 Å². The van der Waals surface area contributed by atoms with Crippen molar-refractivity contribution in [2.75, 3.05) is 18.7 Å². The molecule has 3 aliphatic heterocycles. The SMILES string of the molecule is Cc1[nH]nc2c1[C@H]([C@H](C)Cc1ccc3c(c1)OCO3)C1=C(COC1=O)N2. The number of aromatic nitrogens is 2. The summed E-state index contributed by atoms with van der Waals surface area (Å²) in [7, 11) is 0. The van der Waals surface area contributed by atoms with E-state index in [1.165, 1.54) is 0 Å². The second-order valence-electron chi connectivity index (χ2n) is 7.05. The molecule has 2 atom stereocenters. The van der Waals surface area contributed by atoms with Gasteiger partial charge < -0.3 is 19.5 Å². The lowest BCUT2D eigenvalue weighted by atomic mass is 9.76. The number of H-pyrrole nitrogens is 1. The molecule has 26 heavy (non-hydrogen) atoms. The van der Waals surface area contributed by atoms with Gasteiger partial charge in [-0.1, -0.05) is 13.0 Å². The zero-order valence-corrected chi connectivity index (χ0v) is 14.6. The highest BCUT2D eigenvalue weighted by Crippen LogP contribution is 2.46. The minimum absolute atomic E-state index is 0.0552. The van der Waals surface area contributed by atoms with Crippen LogP contribution >= 0.6 is 0 Å². The van der Waals surface area contributed by atoms with E-state index in [9.17, 15) is 4.79 Å². The molecule has 0 bridgehead atoms. The van der Waals surface area contributed by atoms with Crippen molar-refractivity contribution in [2.24, 2.45) is 5.92 Å². The first-order valence-electron chi connectivity index (χ1n) is 8.72. The Hall–Kier alpha value is -2.96. The van der Waals surface area contributed by atoms with Crippen molar-refractivity contribution in [3.63, 3.8) is 0 Å². The molecule has 0 amide bonds. The van der Waals surface area contributed by atoms with Crippen LogP contribution in [0.5, 0.6) is 11.5 Å². The van der Waals surface area contributed by atoms with Crippen molar-refractivity contribution >= 4 is 11.8 Å². The van der Waals surface area contributed by atoms with Crippen LogP contribution in [0.25, 0.3) is 0 Å². The van der Waals surface area contributed by atoms with Crippen molar-refractivity contribution in [1.29, 1.82) is 0 Å². The van der Waals surface area contributed by atoms with Crippen molar-refractivity contribution in [1.82, 2.24) is 10.2 Å². The smallest absolute Gasteiger partial charge is 0.336 e. The summed E-state index contributed by atoms with van der Waals surface area (Å²) in [6, 6.07) is 6.01. The van der Waals surface area contributed by atoms with E-state index in [2.05, 4.69) is 28.5 Å². The second-order valence-corrected chi connectivity index (χ2v) is 7.05. The molecular formula is C19H19N3O4. The van der Waals surface area contributed by atoms with Gasteiger partial charge in [0.15, 0.2) is 17.3 Å². The predicted octanol–water partition coefficient (Wildman–Crippen LogP) is 2.65. The van der Waals surface area contributed by atoms with Gasteiger partial charge in [-0.3, -0.25) is 5.10 Å². The molecule has 0 fully saturated rings. The number of nitrogens with zero attached hydrogens (tertiary/aromatic N) is 1. The lowest BCUT2D eigenvalue weighted by Gasteiger charge is -2.29. The molecule has 1 aromatic heterocycles. The summed E-state index contributed by atoms with van der Waals surface area (Å²) in [6.45, 7) is 4.70. The number of anilines is 1. The number of carbonyl (C=O) groups excluding carboxylic acids is 1. The molecule has 3 aliphatic rings. The quantitative estimate of drug-likeness (QED) is 0.825. The summed E-state index contributed by atoms with van der Waals surface area (Å²) in [5.41, 5.74) is 4.74. The van der Waals surface area contributed by atoms with E-state index in [1.807, 2.05) is 19.1 Å². The van der Waals surface area contributed by atoms with Gasteiger partial charge in [-0.05, 0) is 37.0 Å². The van der Waals surface area contributed by atoms with Crippen molar-refractivity contribution in [2.45, 2.75) is 26.2 Å². The number of hydrogen-bond acceptors (Lipinski definition) is 6. The molecule has 4 heterocycles. The van der Waals surface area contributed by atoms with Gasteiger partial charge in [-0.15, -0.1) is 0 Å². The van der Waals surface area contributed by atoms with Gasteiger partial charge in [-0.2, -0.15) is 5.10 Å². The van der Waals surface area contributed by atoms with E-state index in [-0.39, 0.29) is 31.2 Å². The molecule has 0 aliphatic carbocycles. The van der Waals surface area contributed by atoms with Crippen LogP contribution in [0.4, 0.5) is 5.82 Å². The Bertz CT molecular complexity index is 946. The zero-order valence-electron chi connectivity index (χ0n) is 14.6. The lowest BCUT2D eigenvalue weighted by Crippen LogP contribution is -2.24. The minimum Gasteiger partial charge on any atom is -0.456 e. The van der Waals surface area contributed by atoms with Crippen molar-refractivity contribution < 1.29 is 19.0 Å². The highest BCUT2D eigenvalue weighted by Gasteiger charge is 2.42. The van der Waals surface area contributed by atoms with E-state index in [1.54, 1.807) is 0 Å². The van der Waals surface area contributed by atoms with Gasteiger partial charge in [0.1, 0.15) is 6.61 Å². The number of aryl methyl sites for hydroxylation is 1. The Kier molecular flexibility index (Phi) is 3.25. The fourth-order valence-corrected chi connectivity index (χ4v) is 4.16. The third-order valence-corrected chi connectivity index (χ3v) is 5.34. The van der Waals surface area contributed by atoms with Gasteiger partial charge in [-0.25, -0.2) is 4.79 Å². The maximum absolute atomic E-state index is 12.4. The topological polar surface area (TPSA) is 85.5 Å². The summed E-state index contributed by atoms with van der Waals surface area (Å²) < 4.78 is 16.2. The van der Waals surface area contributed by atoms with Crippen LogP contribution in [0.2, 0.25) is 0 Å². The molecular weight excluding hydrogens is 334 g/mol. The van der Waals surface area contributed by atoms with E-state index in [0.29, 0.717) is 0 Å². The summed E-state index contributed by atoms with van der Waals surface area (Å²) >= 11 is 0. The van der Waals surface area contributed by atoms with Gasteiger partial charge >= 0.3 is 5.97 Å². The van der Waals surface area contributed by atoms with Crippen LogP contribution in [0, 0.1) is 12.8 Å². The minimum atomic E-state index is -0.235. The first kappa shape index (κ1) is 15.3. The summed E-state index contributed by atoms with van der Waals surface area (Å²) in [5.74, 6) is 2.24. The highest BCUT2D eigenvalue weighted by atomic mass is 16.7. The molecule has 0 radical (unpaired) electrons. The summed E-state index contributed by atoms with van der Waals surface area (Å²) in [6.07, 6.45) is 0.801. The largest absolute Gasteiger partial charge is 0.456 e. The molecule has 2 N–H and O–H groups in total. The maximum Gasteiger partial charge on any atom is 0.336 e. The molecule has 1 aromatic carbocycles. The number of esters is 1. The van der Waals surface area contributed by atoms with Crippen LogP contribution in [0.15, 0.2) is 29.5 Å². The first-order chi connectivity index (χ1) is 12.6. The second kappa shape index (κ2) is 5.52. The Morgan fingerprint density at radius 1 is 1.27 bits per heavy atom. The van der Waals surface area contributed by atoms with Crippen LogP contribution in [0.1, 0.15) is 29.7 Å².